The van der Waals surface area contributed by atoms with Crippen molar-refractivity contribution in [3.05, 3.63) is 0 Å². The van der Waals surface area contributed by atoms with E-state index in [2.05, 4.69) is 27.7 Å². The first-order valence-electron chi connectivity index (χ1n) is 9.16. The first-order chi connectivity index (χ1) is 9.16. The van der Waals surface area contributed by atoms with Crippen LogP contribution < -0.4 is 0 Å². The summed E-state index contributed by atoms with van der Waals surface area (Å²) in [6.45, 7) is 10.7. The van der Waals surface area contributed by atoms with Crippen molar-refractivity contribution < 1.29 is 0 Å². The number of hydrogen-bond donors (Lipinski definition) is 0. The van der Waals surface area contributed by atoms with E-state index >= 15 is 0 Å². The Hall–Kier alpha value is 0. The van der Waals surface area contributed by atoms with Crippen LogP contribution in [0.4, 0.5) is 0 Å². The largest absolute Gasteiger partial charge is 0.0591 e. The first-order valence-corrected chi connectivity index (χ1v) is 9.16. The molecule has 0 radical (unpaired) electrons. The van der Waals surface area contributed by atoms with Gasteiger partial charge in [0.25, 0.3) is 0 Å². The maximum atomic E-state index is 2.68. The highest BCUT2D eigenvalue weighted by Crippen LogP contribution is 3.11. The van der Waals surface area contributed by atoms with Crippen molar-refractivity contribution in [3.63, 3.8) is 0 Å². The van der Waals surface area contributed by atoms with E-state index < -0.39 is 0 Å². The summed E-state index contributed by atoms with van der Waals surface area (Å²) in [4.78, 5) is 0. The van der Waals surface area contributed by atoms with Gasteiger partial charge in [-0.05, 0) is 94.7 Å². The van der Waals surface area contributed by atoms with Gasteiger partial charge in [-0.25, -0.2) is 0 Å². The molecule has 9 aliphatic rings. The fourth-order valence-electron chi connectivity index (χ4n) is 12.0. The lowest BCUT2D eigenvalue weighted by atomic mass is 9.28. The second kappa shape index (κ2) is 1.96. The van der Waals surface area contributed by atoms with Crippen molar-refractivity contribution in [1.29, 1.82) is 0 Å². The van der Waals surface area contributed by atoms with Crippen LogP contribution in [-0.2, 0) is 0 Å². The Labute approximate surface area is 123 Å². The molecule has 9 aliphatic carbocycles. The Balaban J connectivity index is 1.59. The molecule has 0 heteroatoms. The molecule has 0 saturated heterocycles. The second-order valence-corrected chi connectivity index (χ2v) is 12.0. The summed E-state index contributed by atoms with van der Waals surface area (Å²) >= 11 is 0. The van der Waals surface area contributed by atoms with Crippen molar-refractivity contribution >= 4 is 0 Å². The zero-order valence-corrected chi connectivity index (χ0v) is 13.7. The van der Waals surface area contributed by atoms with Gasteiger partial charge in [-0.1, -0.05) is 27.7 Å². The minimum Gasteiger partial charge on any atom is -0.0591 e. The molecule has 20 heavy (non-hydrogen) atoms. The summed E-state index contributed by atoms with van der Waals surface area (Å²) in [7, 11) is 0. The molecule has 0 nitrogen and oxygen atoms in total. The molecule has 9 fully saturated rings. The fourth-order valence-corrected chi connectivity index (χ4v) is 12.0. The normalized spacial score (nSPS) is 87.0. The Morgan fingerprint density at radius 3 is 0.650 bits per heavy atom. The van der Waals surface area contributed by atoms with Crippen LogP contribution in [0.2, 0.25) is 0 Å². The smallest absolute Gasteiger partial charge is 0.0162 e. The first kappa shape index (κ1) is 10.7. The second-order valence-electron chi connectivity index (χ2n) is 12.0. The average Bonchev–Trinajstić information content (AvgIpc) is 3.00. The van der Waals surface area contributed by atoms with Gasteiger partial charge in [0, 0.05) is 0 Å². The zero-order chi connectivity index (χ0) is 13.7. The molecule has 0 atom stereocenters. The fraction of sp³-hybridized carbons (Fsp3) is 1.00. The minimum absolute atomic E-state index is 0.728. The average molecular weight is 268 g/mol. The lowest BCUT2D eigenvalue weighted by Crippen LogP contribution is -2.70. The lowest BCUT2D eigenvalue weighted by molar-refractivity contribution is -0.283. The van der Waals surface area contributed by atoms with E-state index in [9.17, 15) is 0 Å². The van der Waals surface area contributed by atoms with Crippen LogP contribution in [0, 0.1) is 43.3 Å². The van der Waals surface area contributed by atoms with Gasteiger partial charge in [0.1, 0.15) is 0 Å². The molecule has 9 saturated carbocycles. The molecule has 0 aromatic rings. The van der Waals surface area contributed by atoms with Crippen LogP contribution in [0.5, 0.6) is 0 Å². The van der Waals surface area contributed by atoms with Crippen LogP contribution >= 0.6 is 0 Å². The summed E-state index contributed by atoms with van der Waals surface area (Å²) in [5, 5.41) is 0. The van der Waals surface area contributed by atoms with Crippen LogP contribution in [0.25, 0.3) is 0 Å². The van der Waals surface area contributed by atoms with Gasteiger partial charge in [0.15, 0.2) is 0 Å². The van der Waals surface area contributed by atoms with E-state index in [0.717, 1.165) is 43.3 Å². The van der Waals surface area contributed by atoms with Gasteiger partial charge < -0.3 is 0 Å². The molecule has 9 rings (SSSR count). The van der Waals surface area contributed by atoms with Gasteiger partial charge in [-0.3, -0.25) is 0 Å². The molecule has 4 spiro atoms. The Kier molecular flexibility index (Phi) is 1.05. The standard InChI is InChI=1S/C20H28/c1-13-5-17-7-14(13,2)8-18(17,6-13)20-10-15(3)9-19(17,20)11-16(15,4)12-20/h5-12H2,1-4H3. The van der Waals surface area contributed by atoms with Crippen LogP contribution in [0.3, 0.4) is 0 Å². The molecule has 108 valence electrons. The molecule has 0 aromatic heterocycles. The number of hydrogen-bond acceptors (Lipinski definition) is 0. The van der Waals surface area contributed by atoms with Crippen LogP contribution in [0.15, 0.2) is 0 Å². The third kappa shape index (κ3) is 0.500. The highest BCUT2D eigenvalue weighted by atomic mass is 15.1. The van der Waals surface area contributed by atoms with Gasteiger partial charge in [-0.15, -0.1) is 0 Å². The summed E-state index contributed by atoms with van der Waals surface area (Å²) in [5.41, 5.74) is 6.23. The molecule has 0 N–H and O–H groups in total. The predicted molar refractivity (Wildman–Crippen MR) is 79.1 cm³/mol. The van der Waals surface area contributed by atoms with Crippen molar-refractivity contribution in [2.45, 2.75) is 79.1 Å². The zero-order valence-electron chi connectivity index (χ0n) is 13.7. The van der Waals surface area contributed by atoms with E-state index in [-0.39, 0.29) is 0 Å². The Morgan fingerprint density at radius 1 is 0.350 bits per heavy atom. The minimum atomic E-state index is 0.728. The van der Waals surface area contributed by atoms with Gasteiger partial charge in [0.2, 0.25) is 0 Å². The molecule has 0 unspecified atom stereocenters. The summed E-state index contributed by atoms with van der Waals surface area (Å²) < 4.78 is 0. The molecule has 8 bridgehead atoms. The Morgan fingerprint density at radius 2 is 0.500 bits per heavy atom. The molecule has 0 amide bonds. The molecule has 0 aliphatic heterocycles. The molecule has 0 heterocycles. The van der Waals surface area contributed by atoms with Crippen molar-refractivity contribution in [3.8, 4) is 0 Å². The topological polar surface area (TPSA) is 0 Å². The van der Waals surface area contributed by atoms with Crippen molar-refractivity contribution in [2.24, 2.45) is 43.3 Å². The van der Waals surface area contributed by atoms with Crippen molar-refractivity contribution in [1.82, 2.24) is 0 Å². The highest BCUT2D eigenvalue weighted by Gasteiger charge is 3.04. The highest BCUT2D eigenvalue weighted by molar-refractivity contribution is 5.52. The van der Waals surface area contributed by atoms with E-state index in [1.54, 1.807) is 51.4 Å². The van der Waals surface area contributed by atoms with Gasteiger partial charge >= 0.3 is 0 Å². The lowest BCUT2D eigenvalue weighted by Gasteiger charge is -2.75. The monoisotopic (exact) mass is 268 g/mol. The van der Waals surface area contributed by atoms with E-state index in [1.165, 1.54) is 0 Å². The van der Waals surface area contributed by atoms with E-state index in [1.807, 2.05) is 0 Å². The summed E-state index contributed by atoms with van der Waals surface area (Å²) in [5.74, 6) is 0. The van der Waals surface area contributed by atoms with E-state index in [0.29, 0.717) is 0 Å². The van der Waals surface area contributed by atoms with Gasteiger partial charge in [-0.2, -0.15) is 0 Å². The SMILES string of the molecule is CC12CC34CC1(C)CC3(C2)C12CC3(C)CC41CC3(C)C2. The maximum absolute atomic E-state index is 2.68. The third-order valence-corrected chi connectivity index (χ3v) is 12.1. The number of rotatable bonds is 0. The molecule has 0 aromatic carbocycles. The van der Waals surface area contributed by atoms with E-state index in [4.69, 9.17) is 0 Å². The summed E-state index contributed by atoms with van der Waals surface area (Å²) in [6.07, 6.45) is 13.0. The molecular weight excluding hydrogens is 240 g/mol. The van der Waals surface area contributed by atoms with Crippen molar-refractivity contribution in [2.75, 3.05) is 0 Å². The van der Waals surface area contributed by atoms with Crippen LogP contribution in [-0.4, -0.2) is 0 Å². The van der Waals surface area contributed by atoms with Crippen LogP contribution in [0.1, 0.15) is 79.1 Å². The molecular formula is C20H28. The quantitative estimate of drug-likeness (QED) is 0.568. The summed E-state index contributed by atoms with van der Waals surface area (Å²) in [6, 6.07) is 0. The third-order valence-electron chi connectivity index (χ3n) is 12.1. The van der Waals surface area contributed by atoms with Gasteiger partial charge in [0.05, 0.1) is 0 Å². The predicted octanol–water partition coefficient (Wildman–Crippen LogP) is 5.17. The maximum Gasteiger partial charge on any atom is -0.0162 e. The Bertz CT molecular complexity index is 482.